The maximum atomic E-state index is 13.6. The van der Waals surface area contributed by atoms with Gasteiger partial charge in [0.1, 0.15) is 6.10 Å². The first-order valence-electron chi connectivity index (χ1n) is 15.7. The summed E-state index contributed by atoms with van der Waals surface area (Å²) in [5.74, 6) is -2.63. The molecule has 3 aromatic carbocycles. The van der Waals surface area contributed by atoms with E-state index in [0.717, 1.165) is 0 Å². The van der Waals surface area contributed by atoms with Crippen molar-refractivity contribution >= 4 is 17.9 Å². The molecule has 0 spiro atoms. The van der Waals surface area contributed by atoms with Crippen LogP contribution >= 0.6 is 0 Å². The molecule has 262 valence electrons. The zero-order chi connectivity index (χ0) is 36.2. The molecule has 18 heteroatoms. The van der Waals surface area contributed by atoms with Crippen LogP contribution in [0.3, 0.4) is 0 Å². The Labute approximate surface area is 289 Å². The van der Waals surface area contributed by atoms with Crippen LogP contribution in [0.4, 0.5) is 0 Å². The number of aliphatic hydroxyl groups excluding tert-OH is 1. The molecule has 9 atom stereocenters. The average molecular weight is 698 g/mol. The Bertz CT molecular complexity index is 1820. The van der Waals surface area contributed by atoms with Crippen molar-refractivity contribution in [3.8, 4) is 0 Å². The molecule has 51 heavy (non-hydrogen) atoms. The van der Waals surface area contributed by atoms with E-state index in [-0.39, 0.29) is 29.5 Å². The fourth-order valence-electron chi connectivity index (χ4n) is 5.76. The smallest absolute Gasteiger partial charge is 0.338 e. The third-order valence-electron chi connectivity index (χ3n) is 8.21. The van der Waals surface area contributed by atoms with Crippen molar-refractivity contribution in [2.45, 2.75) is 67.8 Å². The van der Waals surface area contributed by atoms with Gasteiger partial charge in [0.25, 0.3) is 0 Å². The molecule has 5 rings (SSSR count). The molecule has 0 unspecified atom stereocenters. The Morgan fingerprint density at radius 2 is 1.14 bits per heavy atom. The first-order chi connectivity index (χ1) is 24.8. The Hall–Kier alpha value is -6.12. The highest BCUT2D eigenvalue weighted by atomic mass is 16.7. The van der Waals surface area contributed by atoms with Crippen LogP contribution < -0.4 is 0 Å². The van der Waals surface area contributed by atoms with Crippen LogP contribution in [0.5, 0.6) is 0 Å². The van der Waals surface area contributed by atoms with E-state index in [1.807, 2.05) is 0 Å². The van der Waals surface area contributed by atoms with Crippen molar-refractivity contribution in [2.24, 2.45) is 15.3 Å². The number of benzene rings is 3. The number of carbonyl (C=O) groups excluding carboxylic acids is 3. The largest absolute Gasteiger partial charge is 0.452 e. The summed E-state index contributed by atoms with van der Waals surface area (Å²) in [6.07, 6.45) is -10.5. The minimum absolute atomic E-state index is 0.104. The van der Waals surface area contributed by atoms with Crippen molar-refractivity contribution in [1.82, 2.24) is 0 Å². The van der Waals surface area contributed by atoms with E-state index >= 15 is 0 Å². The van der Waals surface area contributed by atoms with Gasteiger partial charge in [0, 0.05) is 21.2 Å². The van der Waals surface area contributed by atoms with Gasteiger partial charge in [0.15, 0.2) is 24.6 Å². The maximum absolute atomic E-state index is 13.6. The van der Waals surface area contributed by atoms with Gasteiger partial charge in [-0.15, -0.1) is 0 Å². The Morgan fingerprint density at radius 1 is 0.667 bits per heavy atom. The predicted octanol–water partition coefficient (Wildman–Crippen LogP) is 5.60. The van der Waals surface area contributed by atoms with Gasteiger partial charge >= 0.3 is 17.9 Å². The second-order valence-electron chi connectivity index (χ2n) is 11.4. The van der Waals surface area contributed by atoms with Crippen molar-refractivity contribution in [2.75, 3.05) is 6.54 Å². The Morgan fingerprint density at radius 3 is 1.63 bits per heavy atom. The SMILES string of the molecule is [N-]=[N+]=NC[C@H]1O[C@@H](O[C@@H]2C[C@@H](O)[C@H](N=[N+]=[N-])C[C@H]2N=[N+]=[N-])[C@H](OC(=O)c2ccccc2)[C@@H](OC(=O)c2ccccc2)[C@@H]1OC(=O)c1ccccc1. The van der Waals surface area contributed by atoms with Crippen LogP contribution in [0.2, 0.25) is 0 Å². The topological polar surface area (TPSA) is 264 Å². The molecule has 2 aliphatic rings. The monoisotopic (exact) mass is 697 g/mol. The third-order valence-corrected chi connectivity index (χ3v) is 8.21. The number of aliphatic hydroxyl groups is 1. The van der Waals surface area contributed by atoms with Crippen LogP contribution in [0.25, 0.3) is 31.3 Å². The van der Waals surface area contributed by atoms with Gasteiger partial charge in [-0.05, 0) is 59.4 Å². The van der Waals surface area contributed by atoms with E-state index < -0.39 is 79.5 Å². The number of hydrogen-bond acceptors (Lipinski definition) is 12. The molecule has 1 N–H and O–H groups in total. The highest BCUT2D eigenvalue weighted by Gasteiger charge is 2.54. The maximum Gasteiger partial charge on any atom is 0.338 e. The molecule has 1 saturated carbocycles. The van der Waals surface area contributed by atoms with Crippen molar-refractivity contribution < 1.29 is 43.2 Å². The van der Waals surface area contributed by atoms with Gasteiger partial charge in [-0.25, -0.2) is 14.4 Å². The van der Waals surface area contributed by atoms with Gasteiger partial charge in [0.05, 0.1) is 47.5 Å². The van der Waals surface area contributed by atoms with E-state index in [1.165, 1.54) is 36.4 Å². The molecule has 1 aliphatic heterocycles. The Balaban J connectivity index is 1.59. The summed E-state index contributed by atoms with van der Waals surface area (Å²) < 4.78 is 30.3. The van der Waals surface area contributed by atoms with Crippen molar-refractivity contribution in [3.63, 3.8) is 0 Å². The molecule has 1 saturated heterocycles. The first-order valence-corrected chi connectivity index (χ1v) is 15.7. The highest BCUT2D eigenvalue weighted by Crippen LogP contribution is 2.35. The highest BCUT2D eigenvalue weighted by molar-refractivity contribution is 5.91. The van der Waals surface area contributed by atoms with E-state index in [1.54, 1.807) is 54.6 Å². The van der Waals surface area contributed by atoms with Gasteiger partial charge in [-0.1, -0.05) is 69.9 Å². The van der Waals surface area contributed by atoms with Gasteiger partial charge in [-0.2, -0.15) is 0 Å². The van der Waals surface area contributed by atoms with Crippen LogP contribution in [0.1, 0.15) is 43.9 Å². The molecule has 1 aliphatic carbocycles. The molecule has 0 aromatic heterocycles. The zero-order valence-electron chi connectivity index (χ0n) is 26.7. The van der Waals surface area contributed by atoms with Crippen molar-refractivity contribution in [3.05, 3.63) is 139 Å². The average Bonchev–Trinajstić information content (AvgIpc) is 3.15. The molecule has 3 aromatic rings. The number of rotatable bonds is 12. The Kier molecular flexibility index (Phi) is 12.4. The number of hydrogen-bond donors (Lipinski definition) is 1. The fourth-order valence-corrected chi connectivity index (χ4v) is 5.76. The summed E-state index contributed by atoms with van der Waals surface area (Å²) in [6, 6.07) is 21.7. The number of carbonyl (C=O) groups is 3. The van der Waals surface area contributed by atoms with Crippen LogP contribution in [0, 0.1) is 0 Å². The number of azide groups is 3. The van der Waals surface area contributed by atoms with Crippen LogP contribution in [-0.2, 0) is 23.7 Å². The third kappa shape index (κ3) is 9.12. The molecular formula is C33H31N9O9. The second-order valence-corrected chi connectivity index (χ2v) is 11.4. The molecular weight excluding hydrogens is 666 g/mol. The number of nitrogens with zero attached hydrogens (tertiary/aromatic N) is 9. The van der Waals surface area contributed by atoms with Crippen LogP contribution in [0.15, 0.2) is 106 Å². The number of esters is 3. The molecule has 1 heterocycles. The second kappa shape index (κ2) is 17.5. The zero-order valence-corrected chi connectivity index (χ0v) is 26.7. The van der Waals surface area contributed by atoms with Gasteiger partial charge < -0.3 is 28.8 Å². The lowest BCUT2D eigenvalue weighted by atomic mass is 9.87. The summed E-state index contributed by atoms with van der Waals surface area (Å²) >= 11 is 0. The van der Waals surface area contributed by atoms with E-state index in [9.17, 15) is 30.6 Å². The summed E-state index contributed by atoms with van der Waals surface area (Å²) in [6.45, 7) is -0.464. The van der Waals surface area contributed by atoms with Crippen molar-refractivity contribution in [1.29, 1.82) is 0 Å². The van der Waals surface area contributed by atoms with E-state index in [4.69, 9.17) is 29.2 Å². The first kappa shape index (κ1) is 36.2. The summed E-state index contributed by atoms with van der Waals surface area (Å²) in [4.78, 5) is 49.1. The normalized spacial score (nSPS) is 26.9. The molecule has 0 amide bonds. The molecule has 18 nitrogen and oxygen atoms in total. The van der Waals surface area contributed by atoms with Gasteiger partial charge in [-0.3, -0.25) is 0 Å². The van der Waals surface area contributed by atoms with E-state index in [2.05, 4.69) is 30.1 Å². The van der Waals surface area contributed by atoms with Gasteiger partial charge in [0.2, 0.25) is 0 Å². The predicted molar refractivity (Wildman–Crippen MR) is 176 cm³/mol. The lowest BCUT2D eigenvalue weighted by Crippen LogP contribution is -2.63. The number of ether oxygens (including phenoxy) is 5. The summed E-state index contributed by atoms with van der Waals surface area (Å²) in [7, 11) is 0. The minimum Gasteiger partial charge on any atom is -0.452 e. The fraction of sp³-hybridized carbons (Fsp3) is 0.364. The van der Waals surface area contributed by atoms with E-state index in [0.29, 0.717) is 0 Å². The summed E-state index contributed by atoms with van der Waals surface area (Å²) in [5, 5.41) is 21.7. The summed E-state index contributed by atoms with van der Waals surface area (Å²) in [5.41, 5.74) is 27.8. The van der Waals surface area contributed by atoms with Crippen LogP contribution in [-0.4, -0.2) is 84.6 Å². The molecule has 2 fully saturated rings. The molecule has 0 radical (unpaired) electrons. The lowest BCUT2D eigenvalue weighted by molar-refractivity contribution is -0.307. The molecule has 0 bridgehead atoms. The lowest BCUT2D eigenvalue weighted by Gasteiger charge is -2.46. The quantitative estimate of drug-likeness (QED) is 0.0810. The standard InChI is InChI=1S/C33H31N9O9/c34-40-37-18-26-27(49-30(44)19-10-4-1-5-11-19)28(50-31(45)20-12-6-2-7-13-20)29(51-32(46)21-14-8-3-9-15-21)33(48-26)47-25-17-24(43)22(38-41-35)16-23(25)39-42-36/h1-15,22-29,33,43H,16-18H2/t22-,23-,24-,25-,26-,27-,28+,29-,33-/m1/s1. The minimum atomic E-state index is -1.67.